The standard InChI is InChI=1S/C10H12IO5/c1-15-9(12)6-4-16-10(13)8-5(6)2-3-7(8)11-14/h3-5,8,10,13-14H,2H2,1H3/q-1/t5-,8?,10?/m1/s1. The number of hydrogen-bond acceptors (Lipinski definition) is 5. The summed E-state index contributed by atoms with van der Waals surface area (Å²) in [6, 6.07) is 0. The van der Waals surface area contributed by atoms with E-state index in [1.165, 1.54) is 13.4 Å². The second kappa shape index (κ2) is 4.72. The molecule has 0 aromatic carbocycles. The van der Waals surface area contributed by atoms with Crippen LogP contribution >= 0.6 is 0 Å². The fraction of sp³-hybridized carbons (Fsp3) is 0.500. The predicted octanol–water partition coefficient (Wildman–Crippen LogP) is -3.09. The van der Waals surface area contributed by atoms with Crippen molar-refractivity contribution in [2.75, 3.05) is 7.11 Å². The first-order valence-corrected chi connectivity index (χ1v) is 6.84. The van der Waals surface area contributed by atoms with Crippen molar-refractivity contribution in [3.8, 4) is 0 Å². The number of carbonyl (C=O) groups excluding carboxylic acids is 1. The molecule has 0 bridgehead atoms. The molecule has 1 heterocycles. The average molecular weight is 339 g/mol. The van der Waals surface area contributed by atoms with Gasteiger partial charge in [-0.05, 0) is 0 Å². The Kier molecular flexibility index (Phi) is 3.50. The van der Waals surface area contributed by atoms with E-state index >= 15 is 0 Å². The number of rotatable bonds is 2. The Bertz CT molecular complexity index is 362. The third-order valence-corrected chi connectivity index (χ3v) is 4.60. The van der Waals surface area contributed by atoms with Gasteiger partial charge in [-0.1, -0.05) is 0 Å². The van der Waals surface area contributed by atoms with E-state index < -0.39 is 33.9 Å². The first-order chi connectivity index (χ1) is 7.69. The molecular formula is C10H12IO5-. The van der Waals surface area contributed by atoms with Crippen LogP contribution in [0.5, 0.6) is 0 Å². The maximum absolute atomic E-state index is 11.5. The summed E-state index contributed by atoms with van der Waals surface area (Å²) < 4.78 is 19.7. The van der Waals surface area contributed by atoms with Gasteiger partial charge in [-0.15, -0.1) is 0 Å². The molecule has 2 rings (SSSR count). The summed E-state index contributed by atoms with van der Waals surface area (Å²) in [5.74, 6) is -0.859. The van der Waals surface area contributed by atoms with Crippen molar-refractivity contribution in [3.63, 3.8) is 0 Å². The molecule has 5 nitrogen and oxygen atoms in total. The van der Waals surface area contributed by atoms with Crippen molar-refractivity contribution in [1.29, 1.82) is 0 Å². The van der Waals surface area contributed by atoms with Crippen LogP contribution in [0.1, 0.15) is 6.42 Å². The molecule has 0 fully saturated rings. The summed E-state index contributed by atoms with van der Waals surface area (Å²) in [6.45, 7) is 0. The Balaban J connectivity index is 2.26. The molecule has 0 spiro atoms. The fourth-order valence-corrected chi connectivity index (χ4v) is 3.61. The molecule has 16 heavy (non-hydrogen) atoms. The van der Waals surface area contributed by atoms with E-state index in [0.29, 0.717) is 12.0 Å². The van der Waals surface area contributed by atoms with Crippen molar-refractivity contribution in [1.82, 2.24) is 0 Å². The van der Waals surface area contributed by atoms with Crippen molar-refractivity contribution >= 4 is 5.97 Å². The number of fused-ring (bicyclic) bond motifs is 1. The molecule has 0 aromatic rings. The van der Waals surface area contributed by atoms with Gasteiger partial charge in [-0.25, -0.2) is 0 Å². The van der Waals surface area contributed by atoms with Gasteiger partial charge >= 0.3 is 104 Å². The zero-order valence-electron chi connectivity index (χ0n) is 8.59. The number of carbonyl (C=O) groups is 1. The summed E-state index contributed by atoms with van der Waals surface area (Å²) in [5, 5.41) is 9.70. The molecule has 2 aliphatic rings. The Morgan fingerprint density at radius 2 is 2.44 bits per heavy atom. The Hall–Kier alpha value is -0.600. The van der Waals surface area contributed by atoms with Crippen LogP contribution in [-0.4, -0.2) is 27.9 Å². The van der Waals surface area contributed by atoms with Crippen LogP contribution in [0.25, 0.3) is 0 Å². The van der Waals surface area contributed by atoms with E-state index in [1.807, 2.05) is 6.08 Å². The SMILES string of the molecule is COC(=O)C1=COC(O)C2C([I-]O)=CC[C@H]12. The van der Waals surface area contributed by atoms with Crippen LogP contribution in [0.4, 0.5) is 0 Å². The number of allylic oxidation sites excluding steroid dienone is 1. The zero-order valence-corrected chi connectivity index (χ0v) is 10.7. The van der Waals surface area contributed by atoms with Crippen LogP contribution < -0.4 is 21.6 Å². The van der Waals surface area contributed by atoms with Gasteiger partial charge < -0.3 is 0 Å². The predicted molar refractivity (Wildman–Crippen MR) is 49.1 cm³/mol. The molecule has 1 aliphatic carbocycles. The topological polar surface area (TPSA) is 76.0 Å². The zero-order chi connectivity index (χ0) is 11.7. The molecule has 0 radical (unpaired) electrons. The van der Waals surface area contributed by atoms with Crippen molar-refractivity contribution < 1.29 is 44.4 Å². The summed E-state index contributed by atoms with van der Waals surface area (Å²) in [4.78, 5) is 11.5. The molecule has 0 aromatic heterocycles. The van der Waals surface area contributed by atoms with Gasteiger partial charge in [-0.2, -0.15) is 0 Å². The number of esters is 1. The van der Waals surface area contributed by atoms with E-state index in [9.17, 15) is 13.3 Å². The molecule has 2 unspecified atom stereocenters. The molecular weight excluding hydrogens is 327 g/mol. The second-order valence-corrected chi connectivity index (χ2v) is 5.36. The van der Waals surface area contributed by atoms with Gasteiger partial charge in [-0.3, -0.25) is 0 Å². The fourth-order valence-electron chi connectivity index (χ4n) is 2.09. The summed E-state index contributed by atoms with van der Waals surface area (Å²) >= 11 is -1.07. The van der Waals surface area contributed by atoms with Crippen LogP contribution in [-0.2, 0) is 14.3 Å². The van der Waals surface area contributed by atoms with Gasteiger partial charge in [0.1, 0.15) is 0 Å². The second-order valence-electron chi connectivity index (χ2n) is 3.63. The van der Waals surface area contributed by atoms with Gasteiger partial charge in [0.2, 0.25) is 0 Å². The average Bonchev–Trinajstić information content (AvgIpc) is 2.73. The number of methoxy groups -OCH3 is 1. The van der Waals surface area contributed by atoms with Gasteiger partial charge in [0, 0.05) is 0 Å². The van der Waals surface area contributed by atoms with Crippen molar-refractivity contribution in [2.24, 2.45) is 11.8 Å². The molecule has 90 valence electrons. The van der Waals surface area contributed by atoms with E-state index in [0.717, 1.165) is 3.58 Å². The van der Waals surface area contributed by atoms with E-state index in [2.05, 4.69) is 4.74 Å². The number of hydrogen-bond donors (Lipinski definition) is 2. The van der Waals surface area contributed by atoms with Gasteiger partial charge in [0.15, 0.2) is 0 Å². The first kappa shape index (κ1) is 11.9. The molecule has 0 amide bonds. The Labute approximate surface area is 104 Å². The number of ether oxygens (including phenoxy) is 2. The van der Waals surface area contributed by atoms with Crippen LogP contribution in [0.15, 0.2) is 21.5 Å². The minimum absolute atomic E-state index is 0.127. The van der Waals surface area contributed by atoms with Crippen molar-refractivity contribution in [3.05, 3.63) is 21.5 Å². The molecule has 6 heteroatoms. The monoisotopic (exact) mass is 339 g/mol. The first-order valence-electron chi connectivity index (χ1n) is 4.79. The number of aliphatic hydroxyl groups is 1. The van der Waals surface area contributed by atoms with E-state index in [1.54, 1.807) is 0 Å². The van der Waals surface area contributed by atoms with Crippen LogP contribution in [0.2, 0.25) is 0 Å². The molecule has 1 aliphatic heterocycles. The van der Waals surface area contributed by atoms with Gasteiger partial charge in [0.05, 0.1) is 0 Å². The molecule has 0 saturated heterocycles. The maximum atomic E-state index is 11.5. The van der Waals surface area contributed by atoms with E-state index in [-0.39, 0.29) is 11.8 Å². The minimum atomic E-state index is -1.07. The third kappa shape index (κ3) is 1.85. The number of aliphatic hydroxyl groups excluding tert-OH is 1. The Morgan fingerprint density at radius 3 is 3.06 bits per heavy atom. The summed E-state index contributed by atoms with van der Waals surface area (Å²) in [7, 11) is 1.31. The normalized spacial score (nSPS) is 32.6. The summed E-state index contributed by atoms with van der Waals surface area (Å²) in [5.41, 5.74) is 0.432. The van der Waals surface area contributed by atoms with Gasteiger partial charge in [0.25, 0.3) is 0 Å². The van der Waals surface area contributed by atoms with E-state index in [4.69, 9.17) is 4.74 Å². The van der Waals surface area contributed by atoms with Crippen LogP contribution in [0, 0.1) is 11.8 Å². The molecule has 3 atom stereocenters. The quantitative estimate of drug-likeness (QED) is 0.412. The summed E-state index contributed by atoms with van der Waals surface area (Å²) in [6.07, 6.45) is 2.82. The van der Waals surface area contributed by atoms with Crippen LogP contribution in [0.3, 0.4) is 0 Å². The molecule has 0 saturated carbocycles. The van der Waals surface area contributed by atoms with Crippen molar-refractivity contribution in [2.45, 2.75) is 12.7 Å². The Morgan fingerprint density at radius 1 is 1.69 bits per heavy atom. The molecule has 2 N–H and O–H groups in total. The number of halogens is 1. The third-order valence-electron chi connectivity index (χ3n) is 2.88.